The van der Waals surface area contributed by atoms with Crippen molar-refractivity contribution in [3.8, 4) is 0 Å². The monoisotopic (exact) mass is 255 g/mol. The minimum Gasteiger partial charge on any atom is -0.396 e. The Kier molecular flexibility index (Phi) is 5.45. The number of carbonyl (C=O) groups is 1. The zero-order valence-corrected chi connectivity index (χ0v) is 10.9. The number of aliphatic hydroxyl groups excluding tert-OH is 1. The van der Waals surface area contributed by atoms with Crippen LogP contribution in [0.15, 0.2) is 18.2 Å². The van der Waals surface area contributed by atoms with Crippen molar-refractivity contribution in [1.29, 1.82) is 0 Å². The van der Waals surface area contributed by atoms with Crippen LogP contribution in [0.5, 0.6) is 0 Å². The van der Waals surface area contributed by atoms with Gasteiger partial charge in [0.15, 0.2) is 0 Å². The quantitative estimate of drug-likeness (QED) is 0.850. The molecule has 1 aromatic rings. The molecule has 0 bridgehead atoms. The van der Waals surface area contributed by atoms with Crippen molar-refractivity contribution in [2.45, 2.75) is 32.7 Å². The topological polar surface area (TPSA) is 49.3 Å². The van der Waals surface area contributed by atoms with E-state index in [1.54, 1.807) is 6.07 Å². The van der Waals surface area contributed by atoms with Gasteiger partial charge in [0.1, 0.15) is 0 Å². The number of rotatable bonds is 5. The summed E-state index contributed by atoms with van der Waals surface area (Å²) in [6, 6.07) is 5.37. The third-order valence-electron chi connectivity index (χ3n) is 2.74. The molecule has 0 spiro atoms. The number of carbonyl (C=O) groups excluding carboxylic acids is 1. The van der Waals surface area contributed by atoms with Crippen molar-refractivity contribution in [3.63, 3.8) is 0 Å². The van der Waals surface area contributed by atoms with E-state index in [0.717, 1.165) is 12.0 Å². The van der Waals surface area contributed by atoms with Gasteiger partial charge in [0.2, 0.25) is 0 Å². The highest BCUT2D eigenvalue weighted by Gasteiger charge is 2.15. The van der Waals surface area contributed by atoms with E-state index in [2.05, 4.69) is 5.32 Å². The van der Waals surface area contributed by atoms with Crippen LogP contribution in [0.25, 0.3) is 0 Å². The molecule has 1 unspecified atom stereocenters. The van der Waals surface area contributed by atoms with E-state index >= 15 is 0 Å². The average molecular weight is 256 g/mol. The summed E-state index contributed by atoms with van der Waals surface area (Å²) in [5.41, 5.74) is 1.37. The van der Waals surface area contributed by atoms with Crippen molar-refractivity contribution < 1.29 is 9.90 Å². The van der Waals surface area contributed by atoms with Crippen LogP contribution in [0.2, 0.25) is 5.02 Å². The fourth-order valence-electron chi connectivity index (χ4n) is 1.62. The van der Waals surface area contributed by atoms with Gasteiger partial charge in [0.05, 0.1) is 10.6 Å². The Morgan fingerprint density at radius 2 is 2.24 bits per heavy atom. The minimum absolute atomic E-state index is 0.0101. The van der Waals surface area contributed by atoms with Crippen molar-refractivity contribution in [1.82, 2.24) is 5.32 Å². The molecule has 0 aliphatic rings. The first-order chi connectivity index (χ1) is 8.10. The molecule has 0 aromatic heterocycles. The Morgan fingerprint density at radius 1 is 1.53 bits per heavy atom. The Morgan fingerprint density at radius 3 is 2.82 bits per heavy atom. The Labute approximate surface area is 107 Å². The molecule has 0 heterocycles. The van der Waals surface area contributed by atoms with Crippen LogP contribution in [0.1, 0.15) is 35.7 Å². The van der Waals surface area contributed by atoms with Crippen molar-refractivity contribution in [2.75, 3.05) is 6.61 Å². The maximum Gasteiger partial charge on any atom is 0.253 e. The molecule has 17 heavy (non-hydrogen) atoms. The van der Waals surface area contributed by atoms with Gasteiger partial charge in [0, 0.05) is 12.6 Å². The molecule has 0 saturated carbocycles. The first kappa shape index (κ1) is 14.0. The summed E-state index contributed by atoms with van der Waals surface area (Å²) in [5.74, 6) is -0.181. The molecule has 2 N–H and O–H groups in total. The lowest BCUT2D eigenvalue weighted by Gasteiger charge is -2.16. The molecule has 1 amide bonds. The lowest BCUT2D eigenvalue weighted by atomic mass is 10.1. The summed E-state index contributed by atoms with van der Waals surface area (Å²) in [6.45, 7) is 3.91. The summed E-state index contributed by atoms with van der Waals surface area (Å²) in [5, 5.41) is 12.2. The molecular formula is C13H18ClNO2. The van der Waals surface area contributed by atoms with Crippen LogP contribution >= 0.6 is 11.6 Å². The second-order valence-electron chi connectivity index (χ2n) is 4.03. The number of aryl methyl sites for hydroxylation is 1. The highest BCUT2D eigenvalue weighted by molar-refractivity contribution is 6.34. The van der Waals surface area contributed by atoms with Crippen molar-refractivity contribution >= 4 is 17.5 Å². The lowest BCUT2D eigenvalue weighted by molar-refractivity contribution is 0.0929. The Balaban J connectivity index is 2.79. The number of amides is 1. The van der Waals surface area contributed by atoms with Gasteiger partial charge < -0.3 is 10.4 Å². The van der Waals surface area contributed by atoms with Crippen LogP contribution in [0.4, 0.5) is 0 Å². The molecule has 1 rings (SSSR count). The normalized spacial score (nSPS) is 12.2. The lowest BCUT2D eigenvalue weighted by Crippen LogP contribution is -2.35. The molecule has 1 atom stereocenters. The predicted molar refractivity (Wildman–Crippen MR) is 69.4 cm³/mol. The van der Waals surface area contributed by atoms with E-state index in [4.69, 9.17) is 16.7 Å². The third-order valence-corrected chi connectivity index (χ3v) is 3.24. The molecule has 0 aliphatic carbocycles. The van der Waals surface area contributed by atoms with Crippen LogP contribution < -0.4 is 5.32 Å². The summed E-state index contributed by atoms with van der Waals surface area (Å²) in [4.78, 5) is 12.0. The van der Waals surface area contributed by atoms with Gasteiger partial charge in [-0.15, -0.1) is 0 Å². The smallest absolute Gasteiger partial charge is 0.253 e. The molecule has 3 nitrogen and oxygen atoms in total. The number of hydrogen-bond donors (Lipinski definition) is 2. The Bertz CT molecular complexity index is 393. The number of hydrogen-bond acceptors (Lipinski definition) is 2. The number of benzene rings is 1. The zero-order chi connectivity index (χ0) is 12.8. The summed E-state index contributed by atoms with van der Waals surface area (Å²) in [6.07, 6.45) is 1.35. The van der Waals surface area contributed by atoms with Crippen LogP contribution in [-0.2, 0) is 0 Å². The molecule has 94 valence electrons. The van der Waals surface area contributed by atoms with Gasteiger partial charge in [-0.25, -0.2) is 0 Å². The Hall–Kier alpha value is -1.06. The maximum atomic E-state index is 12.0. The second kappa shape index (κ2) is 6.62. The SMILES string of the molecule is CCC(CCO)NC(=O)c1cccc(C)c1Cl. The molecule has 0 fully saturated rings. The van der Waals surface area contributed by atoms with E-state index in [1.165, 1.54) is 0 Å². The highest BCUT2D eigenvalue weighted by Crippen LogP contribution is 2.20. The van der Waals surface area contributed by atoms with E-state index < -0.39 is 0 Å². The van der Waals surface area contributed by atoms with E-state index in [0.29, 0.717) is 17.0 Å². The van der Waals surface area contributed by atoms with Gasteiger partial charge in [0.25, 0.3) is 5.91 Å². The molecule has 1 aromatic carbocycles. The molecule has 4 heteroatoms. The van der Waals surface area contributed by atoms with Gasteiger partial charge in [-0.1, -0.05) is 30.7 Å². The van der Waals surface area contributed by atoms with Gasteiger partial charge in [-0.05, 0) is 31.4 Å². The van der Waals surface area contributed by atoms with E-state index in [9.17, 15) is 4.79 Å². The van der Waals surface area contributed by atoms with Gasteiger partial charge in [-0.2, -0.15) is 0 Å². The third kappa shape index (κ3) is 3.72. The fourth-order valence-corrected chi connectivity index (χ4v) is 1.83. The van der Waals surface area contributed by atoms with Crippen LogP contribution in [-0.4, -0.2) is 23.7 Å². The van der Waals surface area contributed by atoms with Crippen molar-refractivity contribution in [2.24, 2.45) is 0 Å². The number of nitrogens with one attached hydrogen (secondary N) is 1. The van der Waals surface area contributed by atoms with Crippen molar-refractivity contribution in [3.05, 3.63) is 34.3 Å². The highest BCUT2D eigenvalue weighted by atomic mass is 35.5. The van der Waals surface area contributed by atoms with Crippen LogP contribution in [0.3, 0.4) is 0 Å². The van der Waals surface area contributed by atoms with Crippen LogP contribution in [0, 0.1) is 6.92 Å². The first-order valence-corrected chi connectivity index (χ1v) is 6.14. The standard InChI is InChI=1S/C13H18ClNO2/c1-3-10(7-8-16)15-13(17)11-6-4-5-9(2)12(11)14/h4-6,10,16H,3,7-8H2,1-2H3,(H,15,17). The van der Waals surface area contributed by atoms with E-state index in [-0.39, 0.29) is 18.6 Å². The average Bonchev–Trinajstić information content (AvgIpc) is 2.31. The summed E-state index contributed by atoms with van der Waals surface area (Å²) in [7, 11) is 0. The summed E-state index contributed by atoms with van der Waals surface area (Å²) >= 11 is 6.08. The predicted octanol–water partition coefficient (Wildman–Crippen LogP) is 2.54. The summed E-state index contributed by atoms with van der Waals surface area (Å²) < 4.78 is 0. The maximum absolute atomic E-state index is 12.0. The minimum atomic E-state index is -0.181. The fraction of sp³-hybridized carbons (Fsp3) is 0.462. The van der Waals surface area contributed by atoms with E-state index in [1.807, 2.05) is 26.0 Å². The largest absolute Gasteiger partial charge is 0.396 e. The van der Waals surface area contributed by atoms with Gasteiger partial charge in [-0.3, -0.25) is 4.79 Å². The molecular weight excluding hydrogens is 238 g/mol. The molecule has 0 radical (unpaired) electrons. The molecule has 0 aliphatic heterocycles. The number of halogens is 1. The second-order valence-corrected chi connectivity index (χ2v) is 4.41. The zero-order valence-electron chi connectivity index (χ0n) is 10.2. The van der Waals surface area contributed by atoms with Gasteiger partial charge >= 0.3 is 0 Å². The first-order valence-electron chi connectivity index (χ1n) is 5.77. The number of aliphatic hydroxyl groups is 1. The molecule has 0 saturated heterocycles.